The van der Waals surface area contributed by atoms with Gasteiger partial charge in [-0.25, -0.2) is 0 Å². The van der Waals surface area contributed by atoms with Crippen LogP contribution in [0.5, 0.6) is 11.5 Å². The van der Waals surface area contributed by atoms with Gasteiger partial charge in [0.2, 0.25) is 5.91 Å². The Morgan fingerprint density at radius 1 is 1.13 bits per heavy atom. The topological polar surface area (TPSA) is 48.0 Å². The van der Waals surface area contributed by atoms with E-state index in [2.05, 4.69) is 4.90 Å². The lowest BCUT2D eigenvalue weighted by molar-refractivity contribution is -0.139. The van der Waals surface area contributed by atoms with Crippen LogP contribution in [0.2, 0.25) is 0 Å². The molecule has 23 heavy (non-hydrogen) atoms. The van der Waals surface area contributed by atoms with Crippen LogP contribution < -0.4 is 9.47 Å². The molecule has 0 aliphatic carbocycles. The second-order valence-corrected chi connectivity index (χ2v) is 6.19. The molecule has 0 spiro atoms. The lowest BCUT2D eigenvalue weighted by atomic mass is 9.97. The van der Waals surface area contributed by atoms with Crippen molar-refractivity contribution >= 4 is 5.91 Å². The molecular formula is C18H25NO4. The fourth-order valence-electron chi connectivity index (χ4n) is 3.62. The van der Waals surface area contributed by atoms with Crippen LogP contribution in [-0.2, 0) is 9.53 Å². The molecule has 0 bridgehead atoms. The van der Waals surface area contributed by atoms with Gasteiger partial charge in [-0.3, -0.25) is 4.79 Å². The molecule has 5 heteroatoms. The van der Waals surface area contributed by atoms with E-state index >= 15 is 0 Å². The minimum Gasteiger partial charge on any atom is -0.493 e. The normalized spacial score (nSPS) is 22.2. The molecule has 2 aliphatic rings. The van der Waals surface area contributed by atoms with E-state index in [9.17, 15) is 4.79 Å². The SMILES string of the molecule is COc1ccc(C2CCCN2C(=O)C2CCOCC2)cc1OC. The second kappa shape index (κ2) is 7.21. The third-order valence-electron chi connectivity index (χ3n) is 4.90. The summed E-state index contributed by atoms with van der Waals surface area (Å²) in [6.45, 7) is 2.24. The van der Waals surface area contributed by atoms with Crippen molar-refractivity contribution in [1.82, 2.24) is 4.90 Å². The molecule has 1 unspecified atom stereocenters. The number of rotatable bonds is 4. The van der Waals surface area contributed by atoms with Gasteiger partial charge in [0.25, 0.3) is 0 Å². The number of hydrogen-bond acceptors (Lipinski definition) is 4. The number of methoxy groups -OCH3 is 2. The number of nitrogens with zero attached hydrogens (tertiary/aromatic N) is 1. The highest BCUT2D eigenvalue weighted by molar-refractivity contribution is 5.79. The Kier molecular flexibility index (Phi) is 5.06. The first kappa shape index (κ1) is 16.1. The number of ether oxygens (including phenoxy) is 3. The third kappa shape index (κ3) is 3.29. The van der Waals surface area contributed by atoms with Crippen LogP contribution >= 0.6 is 0 Å². The first-order valence-electron chi connectivity index (χ1n) is 8.34. The van der Waals surface area contributed by atoms with Crippen molar-refractivity contribution in [3.05, 3.63) is 23.8 Å². The van der Waals surface area contributed by atoms with Crippen LogP contribution in [0.1, 0.15) is 37.3 Å². The molecule has 1 aromatic rings. The van der Waals surface area contributed by atoms with Crippen molar-refractivity contribution in [3.63, 3.8) is 0 Å². The summed E-state index contributed by atoms with van der Waals surface area (Å²) in [7, 11) is 3.27. The van der Waals surface area contributed by atoms with Crippen LogP contribution in [-0.4, -0.2) is 44.8 Å². The summed E-state index contributed by atoms with van der Waals surface area (Å²) >= 11 is 0. The minimum absolute atomic E-state index is 0.115. The predicted octanol–water partition coefficient (Wildman–Crippen LogP) is 2.79. The Balaban J connectivity index is 1.79. The molecule has 0 saturated carbocycles. The van der Waals surface area contributed by atoms with Gasteiger partial charge in [0, 0.05) is 25.7 Å². The van der Waals surface area contributed by atoms with E-state index in [0.717, 1.165) is 49.3 Å². The minimum atomic E-state index is 0.115. The molecule has 2 heterocycles. The molecule has 0 N–H and O–H groups in total. The monoisotopic (exact) mass is 319 g/mol. The Bertz CT molecular complexity index is 554. The van der Waals surface area contributed by atoms with Gasteiger partial charge in [-0.2, -0.15) is 0 Å². The number of carbonyl (C=O) groups is 1. The van der Waals surface area contributed by atoms with E-state index in [4.69, 9.17) is 14.2 Å². The second-order valence-electron chi connectivity index (χ2n) is 6.19. The van der Waals surface area contributed by atoms with Gasteiger partial charge in [-0.05, 0) is 43.4 Å². The van der Waals surface area contributed by atoms with E-state index in [1.807, 2.05) is 18.2 Å². The molecule has 2 saturated heterocycles. The third-order valence-corrected chi connectivity index (χ3v) is 4.90. The van der Waals surface area contributed by atoms with Crippen molar-refractivity contribution in [1.29, 1.82) is 0 Å². The number of carbonyl (C=O) groups excluding carboxylic acids is 1. The van der Waals surface area contributed by atoms with Gasteiger partial charge in [0.15, 0.2) is 11.5 Å². The average molecular weight is 319 g/mol. The summed E-state index contributed by atoms with van der Waals surface area (Å²) in [5.41, 5.74) is 1.13. The van der Waals surface area contributed by atoms with Gasteiger partial charge in [-0.15, -0.1) is 0 Å². The van der Waals surface area contributed by atoms with E-state index in [0.29, 0.717) is 13.2 Å². The molecule has 126 valence electrons. The maximum atomic E-state index is 12.9. The van der Waals surface area contributed by atoms with Gasteiger partial charge in [0.05, 0.1) is 20.3 Å². The maximum Gasteiger partial charge on any atom is 0.226 e. The smallest absolute Gasteiger partial charge is 0.226 e. The highest BCUT2D eigenvalue weighted by Gasteiger charge is 2.34. The zero-order valence-corrected chi connectivity index (χ0v) is 13.9. The predicted molar refractivity (Wildman–Crippen MR) is 86.8 cm³/mol. The molecular weight excluding hydrogens is 294 g/mol. The van der Waals surface area contributed by atoms with E-state index < -0.39 is 0 Å². The summed E-state index contributed by atoms with van der Waals surface area (Å²) in [4.78, 5) is 14.9. The number of likely N-dealkylation sites (tertiary alicyclic amines) is 1. The number of hydrogen-bond donors (Lipinski definition) is 0. The molecule has 1 atom stereocenters. The zero-order valence-electron chi connectivity index (χ0n) is 13.9. The van der Waals surface area contributed by atoms with Crippen molar-refractivity contribution in [3.8, 4) is 11.5 Å². The van der Waals surface area contributed by atoms with Crippen molar-refractivity contribution < 1.29 is 19.0 Å². The Labute approximate surface area is 137 Å². The fourth-order valence-corrected chi connectivity index (χ4v) is 3.62. The molecule has 2 fully saturated rings. The molecule has 0 radical (unpaired) electrons. The van der Waals surface area contributed by atoms with Crippen LogP contribution in [0.3, 0.4) is 0 Å². The van der Waals surface area contributed by atoms with Gasteiger partial charge < -0.3 is 19.1 Å². The summed E-state index contributed by atoms with van der Waals surface area (Å²) in [5, 5.41) is 0. The van der Waals surface area contributed by atoms with Crippen LogP contribution in [0.4, 0.5) is 0 Å². The van der Waals surface area contributed by atoms with Gasteiger partial charge >= 0.3 is 0 Å². The van der Waals surface area contributed by atoms with E-state index in [-0.39, 0.29) is 17.9 Å². The summed E-state index contributed by atoms with van der Waals surface area (Å²) in [6.07, 6.45) is 3.74. The van der Waals surface area contributed by atoms with Crippen LogP contribution in [0.25, 0.3) is 0 Å². The molecule has 2 aliphatic heterocycles. The molecule has 3 rings (SSSR count). The molecule has 5 nitrogen and oxygen atoms in total. The number of benzene rings is 1. The van der Waals surface area contributed by atoms with Gasteiger partial charge in [0.1, 0.15) is 0 Å². The fraction of sp³-hybridized carbons (Fsp3) is 0.611. The van der Waals surface area contributed by atoms with Crippen molar-refractivity contribution in [2.75, 3.05) is 34.0 Å². The maximum absolute atomic E-state index is 12.9. The van der Waals surface area contributed by atoms with E-state index in [1.54, 1.807) is 14.2 Å². The average Bonchev–Trinajstić information content (AvgIpc) is 3.10. The molecule has 1 aromatic carbocycles. The Morgan fingerprint density at radius 2 is 1.87 bits per heavy atom. The van der Waals surface area contributed by atoms with Crippen molar-refractivity contribution in [2.45, 2.75) is 31.7 Å². The summed E-state index contributed by atoms with van der Waals surface area (Å²) in [5.74, 6) is 1.84. The largest absolute Gasteiger partial charge is 0.493 e. The Morgan fingerprint density at radius 3 is 2.57 bits per heavy atom. The standard InChI is InChI=1S/C18H25NO4/c1-21-16-6-5-14(12-17(16)22-2)15-4-3-9-19(15)18(20)13-7-10-23-11-8-13/h5-6,12-13,15H,3-4,7-11H2,1-2H3. The van der Waals surface area contributed by atoms with Crippen LogP contribution in [0.15, 0.2) is 18.2 Å². The first-order chi connectivity index (χ1) is 11.2. The lowest BCUT2D eigenvalue weighted by Crippen LogP contribution is -2.38. The molecule has 0 aromatic heterocycles. The molecule has 1 amide bonds. The Hall–Kier alpha value is -1.75. The number of amides is 1. The van der Waals surface area contributed by atoms with Crippen molar-refractivity contribution in [2.24, 2.45) is 5.92 Å². The quantitative estimate of drug-likeness (QED) is 0.856. The first-order valence-corrected chi connectivity index (χ1v) is 8.34. The summed E-state index contributed by atoms with van der Waals surface area (Å²) in [6, 6.07) is 6.11. The lowest BCUT2D eigenvalue weighted by Gasteiger charge is -2.31. The zero-order chi connectivity index (χ0) is 16.2. The van der Waals surface area contributed by atoms with E-state index in [1.165, 1.54) is 0 Å². The van der Waals surface area contributed by atoms with Gasteiger partial charge in [-0.1, -0.05) is 6.07 Å². The highest BCUT2D eigenvalue weighted by atomic mass is 16.5. The summed E-state index contributed by atoms with van der Waals surface area (Å²) < 4.78 is 16.1. The highest BCUT2D eigenvalue weighted by Crippen LogP contribution is 2.38. The van der Waals surface area contributed by atoms with Crippen LogP contribution in [0, 0.1) is 5.92 Å².